The van der Waals surface area contributed by atoms with E-state index in [1.165, 1.54) is 11.5 Å². The van der Waals surface area contributed by atoms with E-state index in [4.69, 9.17) is 4.74 Å². The zero-order chi connectivity index (χ0) is 19.3. The number of hydrogen-bond acceptors (Lipinski definition) is 6. The van der Waals surface area contributed by atoms with Gasteiger partial charge in [0, 0.05) is 13.6 Å². The van der Waals surface area contributed by atoms with Crippen LogP contribution >= 0.6 is 27.5 Å². The molecule has 0 aliphatic heterocycles. The molecule has 0 amide bonds. The normalized spacial score (nSPS) is 11.2. The van der Waals surface area contributed by atoms with Crippen molar-refractivity contribution in [3.63, 3.8) is 0 Å². The Kier molecular flexibility index (Phi) is 7.12. The van der Waals surface area contributed by atoms with E-state index in [1.807, 2.05) is 38.8 Å². The van der Waals surface area contributed by atoms with Gasteiger partial charge >= 0.3 is 0 Å². The molecule has 0 aliphatic rings. The number of nitrogens with zero attached hydrogens (tertiary/aromatic N) is 5. The van der Waals surface area contributed by atoms with Crippen LogP contribution in [0, 0.1) is 18.3 Å². The Balaban J connectivity index is 2.18. The van der Waals surface area contributed by atoms with E-state index in [0.29, 0.717) is 11.4 Å². The predicted molar refractivity (Wildman–Crippen MR) is 108 cm³/mol. The lowest BCUT2D eigenvalue weighted by Crippen LogP contribution is -2.14. The van der Waals surface area contributed by atoms with Crippen molar-refractivity contribution < 1.29 is 4.74 Å². The van der Waals surface area contributed by atoms with Crippen molar-refractivity contribution in [1.82, 2.24) is 14.3 Å². The molecule has 0 aliphatic carbocycles. The number of rotatable bonds is 7. The van der Waals surface area contributed by atoms with E-state index < -0.39 is 0 Å². The summed E-state index contributed by atoms with van der Waals surface area (Å²) in [5, 5.41) is 9.41. The van der Waals surface area contributed by atoms with E-state index in [1.54, 1.807) is 6.34 Å². The van der Waals surface area contributed by atoms with Gasteiger partial charge in [-0.1, -0.05) is 13.8 Å². The van der Waals surface area contributed by atoms with Gasteiger partial charge in [-0.15, -0.1) is 0 Å². The van der Waals surface area contributed by atoms with Gasteiger partial charge in [0.2, 0.25) is 5.88 Å². The maximum atomic E-state index is 9.41. The average Bonchev–Trinajstić information content (AvgIpc) is 3.03. The third kappa shape index (κ3) is 4.80. The van der Waals surface area contributed by atoms with Crippen molar-refractivity contribution in [1.29, 1.82) is 5.26 Å². The number of pyridine rings is 1. The Morgan fingerprint density at radius 3 is 2.85 bits per heavy atom. The Bertz CT molecular complexity index is 841. The molecule has 8 heteroatoms. The molecule has 2 rings (SSSR count). The molecule has 0 aromatic carbocycles. The largest absolute Gasteiger partial charge is 0.471 e. The molecule has 0 spiro atoms. The summed E-state index contributed by atoms with van der Waals surface area (Å²) in [4.78, 5) is 11.7. The van der Waals surface area contributed by atoms with Gasteiger partial charge in [-0.2, -0.15) is 9.64 Å². The van der Waals surface area contributed by atoms with E-state index in [-0.39, 0.29) is 12.5 Å². The quantitative estimate of drug-likeness (QED) is 0.461. The van der Waals surface area contributed by atoms with Crippen LogP contribution < -0.4 is 4.74 Å². The molecule has 2 aromatic heterocycles. The second-order valence-electron chi connectivity index (χ2n) is 6.12. The van der Waals surface area contributed by atoms with Crippen LogP contribution in [0.25, 0.3) is 0 Å². The van der Waals surface area contributed by atoms with E-state index in [0.717, 1.165) is 33.0 Å². The van der Waals surface area contributed by atoms with Gasteiger partial charge in [-0.3, -0.25) is 0 Å². The number of halogens is 1. The SMILES string of the molecule is CCN(C)C=Nc1cc(Br)c(OCc2snc(C(C)C)c2C#N)nc1C. The van der Waals surface area contributed by atoms with Crippen molar-refractivity contribution in [2.45, 2.75) is 40.2 Å². The van der Waals surface area contributed by atoms with E-state index >= 15 is 0 Å². The van der Waals surface area contributed by atoms with Gasteiger partial charge in [0.15, 0.2) is 0 Å². The smallest absolute Gasteiger partial charge is 0.228 e. The standard InChI is InChI=1S/C18H22BrN5OS/c1-6-24(5)10-21-15-7-14(19)18(22-12(15)4)25-9-16-13(8-20)17(11(2)3)23-26-16/h7,10-11H,6,9H2,1-5H3. The van der Waals surface area contributed by atoms with Gasteiger partial charge in [-0.25, -0.2) is 9.98 Å². The number of nitriles is 1. The topological polar surface area (TPSA) is 74.4 Å². The van der Waals surface area contributed by atoms with Crippen LogP contribution in [0.4, 0.5) is 5.69 Å². The van der Waals surface area contributed by atoms with Crippen LogP contribution in [-0.4, -0.2) is 34.2 Å². The highest BCUT2D eigenvalue weighted by Crippen LogP contribution is 2.31. The summed E-state index contributed by atoms with van der Waals surface area (Å²) in [7, 11) is 1.96. The molecule has 0 fully saturated rings. The van der Waals surface area contributed by atoms with Gasteiger partial charge in [0.1, 0.15) is 12.7 Å². The Morgan fingerprint density at radius 1 is 1.50 bits per heavy atom. The van der Waals surface area contributed by atoms with Crippen LogP contribution in [0.5, 0.6) is 5.88 Å². The van der Waals surface area contributed by atoms with Crippen molar-refractivity contribution in [2.75, 3.05) is 13.6 Å². The van der Waals surface area contributed by atoms with Crippen molar-refractivity contribution >= 4 is 39.5 Å². The molecule has 2 heterocycles. The van der Waals surface area contributed by atoms with E-state index in [2.05, 4.69) is 43.3 Å². The zero-order valence-corrected chi connectivity index (χ0v) is 18.0. The molecule has 0 saturated heterocycles. The van der Waals surface area contributed by atoms with Gasteiger partial charge in [0.25, 0.3) is 0 Å². The molecule has 0 radical (unpaired) electrons. The number of ether oxygens (including phenoxy) is 1. The molecule has 6 nitrogen and oxygen atoms in total. The van der Waals surface area contributed by atoms with Crippen LogP contribution in [0.1, 0.15) is 48.5 Å². The second-order valence-corrected chi connectivity index (χ2v) is 7.83. The van der Waals surface area contributed by atoms with Crippen molar-refractivity contribution in [2.24, 2.45) is 4.99 Å². The second kappa shape index (κ2) is 9.10. The monoisotopic (exact) mass is 435 g/mol. The van der Waals surface area contributed by atoms with Crippen molar-refractivity contribution in [3.05, 3.63) is 32.4 Å². The summed E-state index contributed by atoms with van der Waals surface area (Å²) in [6.07, 6.45) is 1.78. The molecule has 0 atom stereocenters. The summed E-state index contributed by atoms with van der Waals surface area (Å²) in [6, 6.07) is 4.13. The molecule has 0 bridgehead atoms. The first-order chi connectivity index (χ1) is 12.4. The predicted octanol–water partition coefficient (Wildman–Crippen LogP) is 4.79. The fourth-order valence-corrected chi connectivity index (χ4v) is 3.39. The number of aryl methyl sites for hydroxylation is 1. The molecule has 138 valence electrons. The lowest BCUT2D eigenvalue weighted by atomic mass is 10.1. The molecular weight excluding hydrogens is 414 g/mol. The van der Waals surface area contributed by atoms with E-state index in [9.17, 15) is 5.26 Å². The summed E-state index contributed by atoms with van der Waals surface area (Å²) >= 11 is 4.80. The lowest BCUT2D eigenvalue weighted by Gasteiger charge is -2.11. The van der Waals surface area contributed by atoms with Crippen molar-refractivity contribution in [3.8, 4) is 11.9 Å². The highest BCUT2D eigenvalue weighted by Gasteiger charge is 2.17. The van der Waals surface area contributed by atoms with Gasteiger partial charge in [-0.05, 0) is 53.3 Å². The fraction of sp³-hybridized carbons (Fsp3) is 0.444. The first-order valence-corrected chi connectivity index (χ1v) is 9.86. The summed E-state index contributed by atoms with van der Waals surface area (Å²) in [5.41, 5.74) is 2.99. The number of aliphatic imine (C=N–C) groups is 1. The molecule has 2 aromatic rings. The Labute approximate surface area is 166 Å². The molecule has 0 unspecified atom stereocenters. The molecular formula is C18H22BrN5OS. The molecule has 26 heavy (non-hydrogen) atoms. The van der Waals surface area contributed by atoms with Crippen LogP contribution in [-0.2, 0) is 6.61 Å². The highest BCUT2D eigenvalue weighted by molar-refractivity contribution is 9.10. The minimum Gasteiger partial charge on any atom is -0.471 e. The fourth-order valence-electron chi connectivity index (χ4n) is 2.11. The average molecular weight is 436 g/mol. The Hall–Kier alpha value is -1.98. The molecule has 0 saturated carbocycles. The third-order valence-electron chi connectivity index (χ3n) is 3.79. The van der Waals surface area contributed by atoms with Crippen LogP contribution in [0.15, 0.2) is 15.5 Å². The first kappa shape index (κ1) is 20.3. The molecule has 0 N–H and O–H groups in total. The highest BCUT2D eigenvalue weighted by atomic mass is 79.9. The van der Waals surface area contributed by atoms with Gasteiger partial charge < -0.3 is 9.64 Å². The number of aromatic nitrogens is 2. The minimum atomic E-state index is 0.208. The zero-order valence-electron chi connectivity index (χ0n) is 15.6. The minimum absolute atomic E-state index is 0.208. The lowest BCUT2D eigenvalue weighted by molar-refractivity contribution is 0.294. The van der Waals surface area contributed by atoms with Gasteiger partial charge in [0.05, 0.1) is 38.3 Å². The third-order valence-corrected chi connectivity index (χ3v) is 5.19. The number of hydrogen-bond donors (Lipinski definition) is 0. The van der Waals surface area contributed by atoms with Crippen LogP contribution in [0.2, 0.25) is 0 Å². The van der Waals surface area contributed by atoms with Crippen LogP contribution in [0.3, 0.4) is 0 Å². The Morgan fingerprint density at radius 2 is 2.23 bits per heavy atom. The summed E-state index contributed by atoms with van der Waals surface area (Å²) in [6.45, 7) is 9.15. The maximum absolute atomic E-state index is 9.41. The summed E-state index contributed by atoms with van der Waals surface area (Å²) < 4.78 is 10.9. The first-order valence-electron chi connectivity index (χ1n) is 8.30. The maximum Gasteiger partial charge on any atom is 0.228 e. The summed E-state index contributed by atoms with van der Waals surface area (Å²) in [5.74, 6) is 0.689.